The zero-order valence-corrected chi connectivity index (χ0v) is 10.4. The molecule has 0 aromatic heterocycles. The highest BCUT2D eigenvalue weighted by Crippen LogP contribution is 2.40. The molecular weight excluding hydrogens is 202 g/mol. The maximum atomic E-state index is 11.0. The van der Waals surface area contributed by atoms with E-state index in [1.807, 2.05) is 0 Å². The van der Waals surface area contributed by atoms with Crippen LogP contribution in [0.4, 0.5) is 0 Å². The summed E-state index contributed by atoms with van der Waals surface area (Å²) in [5.41, 5.74) is 6.05. The highest BCUT2D eigenvalue weighted by molar-refractivity contribution is 5.67. The maximum absolute atomic E-state index is 11.0. The van der Waals surface area contributed by atoms with Gasteiger partial charge in [-0.05, 0) is 24.7 Å². The average molecular weight is 227 g/mol. The second-order valence-electron chi connectivity index (χ2n) is 5.22. The highest BCUT2D eigenvalue weighted by Gasteiger charge is 2.37. The second-order valence-corrected chi connectivity index (χ2v) is 5.22. The van der Waals surface area contributed by atoms with E-state index in [2.05, 4.69) is 6.92 Å². The fourth-order valence-electron chi connectivity index (χ4n) is 3.02. The molecule has 1 fully saturated rings. The van der Waals surface area contributed by atoms with Crippen molar-refractivity contribution in [2.24, 2.45) is 11.1 Å². The van der Waals surface area contributed by atoms with Crippen molar-refractivity contribution in [1.82, 2.24) is 0 Å². The van der Waals surface area contributed by atoms with Gasteiger partial charge in [0.15, 0.2) is 0 Å². The van der Waals surface area contributed by atoms with Crippen molar-refractivity contribution in [1.29, 1.82) is 0 Å². The molecule has 3 nitrogen and oxygen atoms in total. The minimum Gasteiger partial charge on any atom is -0.481 e. The molecule has 0 saturated heterocycles. The van der Waals surface area contributed by atoms with Crippen LogP contribution in [0.3, 0.4) is 0 Å². The van der Waals surface area contributed by atoms with Crippen LogP contribution in [0.5, 0.6) is 0 Å². The number of carboxylic acids is 1. The summed E-state index contributed by atoms with van der Waals surface area (Å²) in [5.74, 6) is -0.690. The summed E-state index contributed by atoms with van der Waals surface area (Å²) in [6.45, 7) is 2.06. The number of carboxylic acid groups (broad SMARTS) is 1. The monoisotopic (exact) mass is 227 g/mol. The van der Waals surface area contributed by atoms with E-state index in [1.165, 1.54) is 19.3 Å². The van der Waals surface area contributed by atoms with Gasteiger partial charge in [0, 0.05) is 6.04 Å². The average Bonchev–Trinajstić information content (AvgIpc) is 2.20. The molecule has 0 aromatic carbocycles. The number of aliphatic carboxylic acids is 1. The van der Waals surface area contributed by atoms with Crippen molar-refractivity contribution in [2.45, 2.75) is 70.8 Å². The van der Waals surface area contributed by atoms with Gasteiger partial charge in [-0.15, -0.1) is 0 Å². The van der Waals surface area contributed by atoms with Crippen LogP contribution < -0.4 is 5.73 Å². The number of nitrogens with two attached hydrogens (primary N) is 1. The first-order valence-corrected chi connectivity index (χ1v) is 6.58. The molecule has 1 unspecified atom stereocenters. The van der Waals surface area contributed by atoms with Crippen molar-refractivity contribution in [3.63, 3.8) is 0 Å². The van der Waals surface area contributed by atoms with Gasteiger partial charge < -0.3 is 10.8 Å². The van der Waals surface area contributed by atoms with Crippen LogP contribution in [0.1, 0.15) is 64.7 Å². The molecular formula is C13H25NO2. The Morgan fingerprint density at radius 2 is 1.75 bits per heavy atom. The minimum atomic E-state index is -0.690. The molecule has 1 aliphatic carbocycles. The van der Waals surface area contributed by atoms with Crippen LogP contribution >= 0.6 is 0 Å². The summed E-state index contributed by atoms with van der Waals surface area (Å²) >= 11 is 0. The lowest BCUT2D eigenvalue weighted by Crippen LogP contribution is -2.43. The third-order valence-electron chi connectivity index (χ3n) is 4.08. The predicted octanol–water partition coefficient (Wildman–Crippen LogP) is 2.93. The first-order chi connectivity index (χ1) is 7.60. The second kappa shape index (κ2) is 6.24. The molecule has 1 rings (SSSR count). The molecule has 0 heterocycles. The zero-order chi connectivity index (χ0) is 12.0. The Bertz CT molecular complexity index is 220. The topological polar surface area (TPSA) is 63.3 Å². The first kappa shape index (κ1) is 13.5. The standard InChI is InChI=1S/C13H25NO2/c1-2-11(14)13(10-12(15)16)8-6-4-3-5-7-9-13/h11H,2-10,14H2,1H3,(H,15,16). The van der Waals surface area contributed by atoms with Crippen molar-refractivity contribution in [3.05, 3.63) is 0 Å². The third-order valence-corrected chi connectivity index (χ3v) is 4.08. The predicted molar refractivity (Wildman–Crippen MR) is 65.3 cm³/mol. The van der Waals surface area contributed by atoms with Crippen LogP contribution in [0.25, 0.3) is 0 Å². The van der Waals surface area contributed by atoms with Crippen LogP contribution in [0, 0.1) is 5.41 Å². The fourth-order valence-corrected chi connectivity index (χ4v) is 3.02. The van der Waals surface area contributed by atoms with Crippen LogP contribution in [-0.2, 0) is 4.79 Å². The molecule has 0 aliphatic heterocycles. The van der Waals surface area contributed by atoms with Gasteiger partial charge in [-0.25, -0.2) is 0 Å². The molecule has 1 aliphatic rings. The van der Waals surface area contributed by atoms with Gasteiger partial charge in [-0.1, -0.05) is 39.0 Å². The summed E-state index contributed by atoms with van der Waals surface area (Å²) in [6.07, 6.45) is 9.17. The number of rotatable bonds is 4. The Labute approximate surface area is 98.4 Å². The largest absolute Gasteiger partial charge is 0.481 e. The van der Waals surface area contributed by atoms with Gasteiger partial charge >= 0.3 is 5.97 Å². The molecule has 94 valence electrons. The van der Waals surface area contributed by atoms with Crippen molar-refractivity contribution < 1.29 is 9.90 Å². The van der Waals surface area contributed by atoms with E-state index in [-0.39, 0.29) is 17.9 Å². The lowest BCUT2D eigenvalue weighted by molar-refractivity contribution is -0.140. The number of hydrogen-bond donors (Lipinski definition) is 2. The molecule has 0 amide bonds. The van der Waals surface area contributed by atoms with Crippen molar-refractivity contribution in [3.8, 4) is 0 Å². The van der Waals surface area contributed by atoms with E-state index >= 15 is 0 Å². The molecule has 0 spiro atoms. The van der Waals surface area contributed by atoms with Gasteiger partial charge in [0.1, 0.15) is 0 Å². The smallest absolute Gasteiger partial charge is 0.303 e. The Kier molecular flexibility index (Phi) is 5.26. The number of hydrogen-bond acceptors (Lipinski definition) is 2. The molecule has 3 N–H and O–H groups in total. The molecule has 1 saturated carbocycles. The van der Waals surface area contributed by atoms with Crippen LogP contribution in [-0.4, -0.2) is 17.1 Å². The van der Waals surface area contributed by atoms with E-state index in [0.717, 1.165) is 32.1 Å². The molecule has 1 atom stereocenters. The van der Waals surface area contributed by atoms with Crippen molar-refractivity contribution >= 4 is 5.97 Å². The van der Waals surface area contributed by atoms with E-state index in [4.69, 9.17) is 10.8 Å². The Hall–Kier alpha value is -0.570. The van der Waals surface area contributed by atoms with Gasteiger partial charge in [0.25, 0.3) is 0 Å². The minimum absolute atomic E-state index is 0.0432. The van der Waals surface area contributed by atoms with Gasteiger partial charge in [-0.2, -0.15) is 0 Å². The SMILES string of the molecule is CCC(N)C1(CC(=O)O)CCCCCCC1. The van der Waals surface area contributed by atoms with Crippen LogP contribution in [0.15, 0.2) is 0 Å². The summed E-state index contributed by atoms with van der Waals surface area (Å²) in [5, 5.41) is 9.08. The molecule has 3 heteroatoms. The van der Waals surface area contributed by atoms with E-state index in [9.17, 15) is 4.79 Å². The Morgan fingerprint density at radius 1 is 1.25 bits per heavy atom. The zero-order valence-electron chi connectivity index (χ0n) is 10.4. The third kappa shape index (κ3) is 3.48. The Balaban J connectivity index is 2.76. The highest BCUT2D eigenvalue weighted by atomic mass is 16.4. The normalized spacial score (nSPS) is 23.1. The van der Waals surface area contributed by atoms with Gasteiger partial charge in [0.2, 0.25) is 0 Å². The lowest BCUT2D eigenvalue weighted by atomic mass is 9.68. The quantitative estimate of drug-likeness (QED) is 0.776. The molecule has 0 radical (unpaired) electrons. The van der Waals surface area contributed by atoms with Gasteiger partial charge in [-0.3, -0.25) is 4.79 Å². The molecule has 16 heavy (non-hydrogen) atoms. The van der Waals surface area contributed by atoms with E-state index in [0.29, 0.717) is 0 Å². The lowest BCUT2D eigenvalue weighted by Gasteiger charge is -2.39. The summed E-state index contributed by atoms with van der Waals surface area (Å²) in [4.78, 5) is 11.0. The number of carbonyl (C=O) groups is 1. The van der Waals surface area contributed by atoms with Gasteiger partial charge in [0.05, 0.1) is 6.42 Å². The first-order valence-electron chi connectivity index (χ1n) is 6.58. The maximum Gasteiger partial charge on any atom is 0.303 e. The summed E-state index contributed by atoms with van der Waals surface area (Å²) < 4.78 is 0. The Morgan fingerprint density at radius 3 is 2.19 bits per heavy atom. The summed E-state index contributed by atoms with van der Waals surface area (Å²) in [6, 6.07) is 0.0432. The van der Waals surface area contributed by atoms with Crippen molar-refractivity contribution in [2.75, 3.05) is 0 Å². The summed E-state index contributed by atoms with van der Waals surface area (Å²) in [7, 11) is 0. The molecule has 0 aromatic rings. The van der Waals surface area contributed by atoms with E-state index < -0.39 is 5.97 Å². The fraction of sp³-hybridized carbons (Fsp3) is 0.923. The van der Waals surface area contributed by atoms with Crippen LogP contribution in [0.2, 0.25) is 0 Å². The van der Waals surface area contributed by atoms with E-state index in [1.54, 1.807) is 0 Å². The molecule has 0 bridgehead atoms.